The van der Waals surface area contributed by atoms with Gasteiger partial charge in [-0.1, -0.05) is 24.3 Å². The summed E-state index contributed by atoms with van der Waals surface area (Å²) in [5.41, 5.74) is 3.30. The molecule has 0 radical (unpaired) electrons. The summed E-state index contributed by atoms with van der Waals surface area (Å²) in [4.78, 5) is 4.48. The zero-order valence-corrected chi connectivity index (χ0v) is 11.0. The molecule has 0 amide bonds. The number of benzene rings is 1. The summed E-state index contributed by atoms with van der Waals surface area (Å²) in [6.45, 7) is 4.80. The Balaban J connectivity index is 1.98. The number of nitrogens with one attached hydrogen (secondary N) is 1. The molecule has 1 aromatic carbocycles. The second-order valence-corrected chi connectivity index (χ2v) is 4.36. The Bertz CT molecular complexity index is 664. The normalized spacial score (nSPS) is 10.8. The topological polar surface area (TPSA) is 59.4 Å². The van der Waals surface area contributed by atoms with E-state index in [1.54, 1.807) is 0 Å². The smallest absolute Gasteiger partial charge is 0.158 e. The second kappa shape index (κ2) is 4.68. The molecule has 19 heavy (non-hydrogen) atoms. The van der Waals surface area contributed by atoms with E-state index in [2.05, 4.69) is 51.5 Å². The summed E-state index contributed by atoms with van der Waals surface area (Å²) in [6.07, 6.45) is 3.70. The van der Waals surface area contributed by atoms with Gasteiger partial charge in [0.15, 0.2) is 5.82 Å². The van der Waals surface area contributed by atoms with Gasteiger partial charge in [0, 0.05) is 23.9 Å². The fourth-order valence-corrected chi connectivity index (χ4v) is 2.11. The van der Waals surface area contributed by atoms with Crippen molar-refractivity contribution < 1.29 is 0 Å². The van der Waals surface area contributed by atoms with Crippen molar-refractivity contribution in [3.63, 3.8) is 0 Å². The number of aromatic amines is 1. The first-order valence-corrected chi connectivity index (χ1v) is 6.29. The fraction of sp³-hybridized carbons (Fsp3) is 0.214. The molecule has 3 rings (SSSR count). The van der Waals surface area contributed by atoms with Crippen molar-refractivity contribution >= 4 is 0 Å². The van der Waals surface area contributed by atoms with E-state index >= 15 is 0 Å². The standard InChI is InChI=1S/C14H15N5/c1-3-19-14(17-10(2)18-19)12-6-4-11(5-7-12)13-8-15-16-9-13/h4-9H,3H2,1-2H3,(H,15,16). The van der Waals surface area contributed by atoms with Crippen LogP contribution in [0.3, 0.4) is 0 Å². The van der Waals surface area contributed by atoms with Crippen LogP contribution in [0.25, 0.3) is 22.5 Å². The van der Waals surface area contributed by atoms with Crippen LogP contribution in [0, 0.1) is 6.92 Å². The van der Waals surface area contributed by atoms with Gasteiger partial charge in [0.25, 0.3) is 0 Å². The average Bonchev–Trinajstić information content (AvgIpc) is 3.08. The predicted molar refractivity (Wildman–Crippen MR) is 73.5 cm³/mol. The van der Waals surface area contributed by atoms with E-state index in [-0.39, 0.29) is 0 Å². The van der Waals surface area contributed by atoms with Gasteiger partial charge in [-0.25, -0.2) is 9.67 Å². The van der Waals surface area contributed by atoms with Crippen molar-refractivity contribution in [2.75, 3.05) is 0 Å². The third-order valence-corrected chi connectivity index (χ3v) is 3.05. The zero-order valence-electron chi connectivity index (χ0n) is 11.0. The Morgan fingerprint density at radius 1 is 1.11 bits per heavy atom. The van der Waals surface area contributed by atoms with Crippen LogP contribution in [0.5, 0.6) is 0 Å². The van der Waals surface area contributed by atoms with Gasteiger partial charge in [-0.15, -0.1) is 0 Å². The van der Waals surface area contributed by atoms with E-state index in [0.717, 1.165) is 34.9 Å². The predicted octanol–water partition coefficient (Wildman–Crippen LogP) is 2.66. The van der Waals surface area contributed by atoms with Crippen LogP contribution in [0.2, 0.25) is 0 Å². The summed E-state index contributed by atoms with van der Waals surface area (Å²) < 4.78 is 1.92. The molecule has 5 heteroatoms. The molecule has 0 aliphatic rings. The average molecular weight is 253 g/mol. The Morgan fingerprint density at radius 3 is 2.47 bits per heavy atom. The molecule has 2 aromatic heterocycles. The van der Waals surface area contributed by atoms with Gasteiger partial charge in [-0.2, -0.15) is 10.2 Å². The van der Waals surface area contributed by atoms with E-state index in [0.29, 0.717) is 0 Å². The molecule has 96 valence electrons. The maximum Gasteiger partial charge on any atom is 0.158 e. The summed E-state index contributed by atoms with van der Waals surface area (Å²) >= 11 is 0. The van der Waals surface area contributed by atoms with Crippen LogP contribution >= 0.6 is 0 Å². The lowest BCUT2D eigenvalue weighted by Gasteiger charge is -2.03. The molecule has 0 saturated heterocycles. The first kappa shape index (κ1) is 11.6. The lowest BCUT2D eigenvalue weighted by atomic mass is 10.1. The first-order valence-electron chi connectivity index (χ1n) is 6.29. The molecule has 0 aliphatic carbocycles. The quantitative estimate of drug-likeness (QED) is 0.780. The Labute approximate surface area is 111 Å². The minimum Gasteiger partial charge on any atom is -0.285 e. The van der Waals surface area contributed by atoms with Crippen LogP contribution in [0.4, 0.5) is 0 Å². The summed E-state index contributed by atoms with van der Waals surface area (Å²) in [6, 6.07) is 8.28. The monoisotopic (exact) mass is 253 g/mol. The maximum absolute atomic E-state index is 4.48. The Hall–Kier alpha value is -2.43. The van der Waals surface area contributed by atoms with Crippen LogP contribution in [0.1, 0.15) is 12.7 Å². The van der Waals surface area contributed by atoms with Gasteiger partial charge in [0.1, 0.15) is 5.82 Å². The van der Waals surface area contributed by atoms with Crippen molar-refractivity contribution in [3.05, 3.63) is 42.5 Å². The van der Waals surface area contributed by atoms with Gasteiger partial charge < -0.3 is 0 Å². The molecule has 2 heterocycles. The first-order chi connectivity index (χ1) is 9.28. The third-order valence-electron chi connectivity index (χ3n) is 3.05. The van der Waals surface area contributed by atoms with E-state index in [1.165, 1.54) is 0 Å². The Morgan fingerprint density at radius 2 is 1.84 bits per heavy atom. The molecule has 1 N–H and O–H groups in total. The van der Waals surface area contributed by atoms with Crippen molar-refractivity contribution in [1.29, 1.82) is 0 Å². The van der Waals surface area contributed by atoms with Crippen LogP contribution in [-0.2, 0) is 6.54 Å². The van der Waals surface area contributed by atoms with Crippen molar-refractivity contribution in [3.8, 4) is 22.5 Å². The number of hydrogen-bond acceptors (Lipinski definition) is 3. The molecule has 0 fully saturated rings. The lowest BCUT2D eigenvalue weighted by molar-refractivity contribution is 0.660. The van der Waals surface area contributed by atoms with Crippen molar-refractivity contribution in [2.45, 2.75) is 20.4 Å². The molecular formula is C14H15N5. The number of aryl methyl sites for hydroxylation is 2. The Kier molecular flexibility index (Phi) is 2.87. The SMILES string of the molecule is CCn1nc(C)nc1-c1ccc(-c2cn[nH]c2)cc1. The minimum absolute atomic E-state index is 0.802. The third kappa shape index (κ3) is 2.14. The largest absolute Gasteiger partial charge is 0.285 e. The van der Waals surface area contributed by atoms with Crippen LogP contribution < -0.4 is 0 Å². The van der Waals surface area contributed by atoms with Gasteiger partial charge in [0.05, 0.1) is 6.20 Å². The summed E-state index contributed by atoms with van der Waals surface area (Å²) in [5.74, 6) is 1.72. The van der Waals surface area contributed by atoms with E-state index in [4.69, 9.17) is 0 Å². The number of aromatic nitrogens is 5. The molecule has 5 nitrogen and oxygen atoms in total. The van der Waals surface area contributed by atoms with Crippen LogP contribution in [-0.4, -0.2) is 25.0 Å². The highest BCUT2D eigenvalue weighted by molar-refractivity contribution is 5.66. The number of hydrogen-bond donors (Lipinski definition) is 1. The van der Waals surface area contributed by atoms with Gasteiger partial charge >= 0.3 is 0 Å². The molecular weight excluding hydrogens is 238 g/mol. The van der Waals surface area contributed by atoms with Crippen molar-refractivity contribution in [2.24, 2.45) is 0 Å². The fourth-order valence-electron chi connectivity index (χ4n) is 2.11. The molecule has 0 atom stereocenters. The molecule has 0 spiro atoms. The number of rotatable bonds is 3. The van der Waals surface area contributed by atoms with Crippen LogP contribution in [0.15, 0.2) is 36.7 Å². The highest BCUT2D eigenvalue weighted by Crippen LogP contribution is 2.23. The zero-order chi connectivity index (χ0) is 13.2. The molecule has 0 aliphatic heterocycles. The highest BCUT2D eigenvalue weighted by atomic mass is 15.3. The van der Waals surface area contributed by atoms with E-state index in [1.807, 2.05) is 24.0 Å². The minimum atomic E-state index is 0.802. The molecule has 0 saturated carbocycles. The van der Waals surface area contributed by atoms with Gasteiger partial charge in [-0.3, -0.25) is 5.10 Å². The summed E-state index contributed by atoms with van der Waals surface area (Å²) in [7, 11) is 0. The van der Waals surface area contributed by atoms with Gasteiger partial charge in [-0.05, 0) is 19.4 Å². The molecule has 0 unspecified atom stereocenters. The molecule has 3 aromatic rings. The maximum atomic E-state index is 4.48. The van der Waals surface area contributed by atoms with E-state index < -0.39 is 0 Å². The van der Waals surface area contributed by atoms with Crippen molar-refractivity contribution in [1.82, 2.24) is 25.0 Å². The lowest BCUT2D eigenvalue weighted by Crippen LogP contribution is -1.99. The number of H-pyrrole nitrogens is 1. The highest BCUT2D eigenvalue weighted by Gasteiger charge is 2.08. The second-order valence-electron chi connectivity index (χ2n) is 4.36. The summed E-state index contributed by atoms with van der Waals surface area (Å²) in [5, 5.41) is 11.1. The number of nitrogens with zero attached hydrogens (tertiary/aromatic N) is 4. The molecule has 0 bridgehead atoms. The van der Waals surface area contributed by atoms with Gasteiger partial charge in [0.2, 0.25) is 0 Å². The van der Waals surface area contributed by atoms with E-state index in [9.17, 15) is 0 Å².